The van der Waals surface area contributed by atoms with Crippen LogP contribution >= 0.6 is 0 Å². The summed E-state index contributed by atoms with van der Waals surface area (Å²) in [6, 6.07) is 0. The fourth-order valence-electron chi connectivity index (χ4n) is 7.12. The van der Waals surface area contributed by atoms with Gasteiger partial charge in [-0.2, -0.15) is 0 Å². The molecule has 4 bridgehead atoms. The van der Waals surface area contributed by atoms with Gasteiger partial charge in [0.1, 0.15) is 17.0 Å². The highest BCUT2D eigenvalue weighted by Gasteiger charge is 2.72. The number of nitrogens with one attached hydrogen (secondary N) is 1. The van der Waals surface area contributed by atoms with Crippen molar-refractivity contribution in [3.05, 3.63) is 0 Å². The number of Topliss-reactive ketones (excluding diaryl/α,β-unsaturated/α-hetero) is 1. The fourth-order valence-corrected chi connectivity index (χ4v) is 7.12. The molecule has 3 aliphatic rings. The molecular weight excluding hydrogens is 448 g/mol. The average molecular weight is 495 g/mol. The first-order chi connectivity index (χ1) is 16.0. The molecule has 200 valence electrons. The van der Waals surface area contributed by atoms with Gasteiger partial charge in [-0.1, -0.05) is 6.92 Å². The van der Waals surface area contributed by atoms with E-state index < -0.39 is 34.4 Å². The lowest BCUT2D eigenvalue weighted by atomic mass is 9.50. The minimum Gasteiger partial charge on any atom is -0.444 e. The molecule has 0 aromatic rings. The van der Waals surface area contributed by atoms with Crippen LogP contribution in [0.1, 0.15) is 87.0 Å². The maximum Gasteiger partial charge on any atom is 0.410 e. The molecular formula is C27H46N2O6. The van der Waals surface area contributed by atoms with Crippen LogP contribution in [0.4, 0.5) is 9.59 Å². The molecule has 6 atom stereocenters. The first kappa shape index (κ1) is 27.8. The van der Waals surface area contributed by atoms with E-state index in [-0.39, 0.29) is 23.5 Å². The number of aliphatic hydroxyl groups is 1. The van der Waals surface area contributed by atoms with Gasteiger partial charge in [-0.25, -0.2) is 9.59 Å². The van der Waals surface area contributed by atoms with E-state index in [2.05, 4.69) is 12.2 Å². The van der Waals surface area contributed by atoms with E-state index >= 15 is 0 Å². The molecule has 0 heterocycles. The number of carbonyl (C=O) groups excluding carboxylic acids is 3. The first-order valence-electron chi connectivity index (χ1n) is 13.1. The fraction of sp³-hybridized carbons (Fsp3) is 0.889. The topological polar surface area (TPSA) is 105 Å². The van der Waals surface area contributed by atoms with Crippen molar-refractivity contribution in [2.24, 2.45) is 29.1 Å². The molecule has 35 heavy (non-hydrogen) atoms. The standard InChI is InChI=1S/C27H46N2O6/c1-17-12-18-13-21(30)26(10-9-11-28-22(31)34-24(2,3)4)19(14-20(18)27(26,33)15-17)16-29(8)23(32)35-25(5,6)7/h17-20,33H,9-16H2,1-8H3,(H,28,31)/t17?,18?,19-,20?,26?,27-/m1/s1. The van der Waals surface area contributed by atoms with Crippen molar-refractivity contribution in [1.82, 2.24) is 10.2 Å². The van der Waals surface area contributed by atoms with E-state index in [0.29, 0.717) is 44.7 Å². The Morgan fingerprint density at radius 2 is 1.74 bits per heavy atom. The lowest BCUT2D eigenvalue weighted by Crippen LogP contribution is -2.63. The van der Waals surface area contributed by atoms with Crippen LogP contribution in [0.15, 0.2) is 0 Å². The van der Waals surface area contributed by atoms with Crippen LogP contribution in [0.2, 0.25) is 0 Å². The zero-order valence-electron chi connectivity index (χ0n) is 22.9. The van der Waals surface area contributed by atoms with Gasteiger partial charge in [-0.3, -0.25) is 4.79 Å². The number of rotatable bonds is 6. The number of amides is 2. The Morgan fingerprint density at radius 3 is 2.34 bits per heavy atom. The van der Waals surface area contributed by atoms with E-state index in [1.54, 1.807) is 11.9 Å². The molecule has 0 aliphatic heterocycles. The molecule has 3 fully saturated rings. The van der Waals surface area contributed by atoms with Crippen molar-refractivity contribution in [3.63, 3.8) is 0 Å². The van der Waals surface area contributed by atoms with E-state index in [1.807, 2.05) is 41.5 Å². The summed E-state index contributed by atoms with van der Waals surface area (Å²) in [6.07, 6.45) is 2.90. The average Bonchev–Trinajstić information content (AvgIpc) is 2.82. The molecule has 3 saturated carbocycles. The summed E-state index contributed by atoms with van der Waals surface area (Å²) in [7, 11) is 1.71. The highest BCUT2D eigenvalue weighted by Crippen LogP contribution is 2.68. The van der Waals surface area contributed by atoms with Crippen molar-refractivity contribution in [2.75, 3.05) is 20.1 Å². The largest absolute Gasteiger partial charge is 0.444 e. The number of ketones is 1. The van der Waals surface area contributed by atoms with Crippen molar-refractivity contribution in [1.29, 1.82) is 0 Å². The van der Waals surface area contributed by atoms with Gasteiger partial charge in [0.2, 0.25) is 0 Å². The lowest BCUT2D eigenvalue weighted by Gasteiger charge is -2.56. The number of ether oxygens (including phenoxy) is 2. The maximum atomic E-state index is 13.8. The normalized spacial score (nSPS) is 34.4. The second-order valence-electron chi connectivity index (χ2n) is 13.3. The Kier molecular flexibility index (Phi) is 7.58. The number of nitrogens with zero attached hydrogens (tertiary/aromatic N) is 1. The minimum absolute atomic E-state index is 0.0623. The van der Waals surface area contributed by atoms with Crippen molar-refractivity contribution < 1.29 is 29.0 Å². The van der Waals surface area contributed by atoms with Gasteiger partial charge >= 0.3 is 12.2 Å². The highest BCUT2D eigenvalue weighted by molar-refractivity contribution is 5.89. The highest BCUT2D eigenvalue weighted by atomic mass is 16.6. The van der Waals surface area contributed by atoms with Gasteiger partial charge in [-0.05, 0) is 97.3 Å². The molecule has 8 nitrogen and oxygen atoms in total. The Hall–Kier alpha value is -1.83. The second-order valence-corrected chi connectivity index (χ2v) is 13.3. The zero-order valence-corrected chi connectivity index (χ0v) is 22.9. The van der Waals surface area contributed by atoms with Crippen molar-refractivity contribution in [3.8, 4) is 0 Å². The summed E-state index contributed by atoms with van der Waals surface area (Å²) in [5.41, 5.74) is -3.19. The van der Waals surface area contributed by atoms with Crippen LogP contribution in [0.3, 0.4) is 0 Å². The SMILES string of the molecule is CC1CC2CC(=O)C3(CCCNC(=O)OC(C)(C)C)[C@@H](CN(C)C(=O)OC(C)(C)C)CC2[C@]3(O)C1. The van der Waals surface area contributed by atoms with Gasteiger partial charge in [0, 0.05) is 26.6 Å². The minimum atomic E-state index is -1.07. The summed E-state index contributed by atoms with van der Waals surface area (Å²) in [5.74, 6) is 0.564. The molecule has 0 aromatic carbocycles. The molecule has 0 aromatic heterocycles. The first-order valence-corrected chi connectivity index (χ1v) is 13.1. The molecule has 0 radical (unpaired) electrons. The Balaban J connectivity index is 1.80. The van der Waals surface area contributed by atoms with Gasteiger partial charge in [0.25, 0.3) is 0 Å². The van der Waals surface area contributed by atoms with Gasteiger partial charge in [-0.15, -0.1) is 0 Å². The monoisotopic (exact) mass is 494 g/mol. The van der Waals surface area contributed by atoms with Gasteiger partial charge in [0.05, 0.1) is 11.0 Å². The summed E-state index contributed by atoms with van der Waals surface area (Å²) in [6.45, 7) is 13.8. The molecule has 8 heteroatoms. The predicted octanol–water partition coefficient (Wildman–Crippen LogP) is 4.53. The number of hydrogen-bond acceptors (Lipinski definition) is 6. The molecule has 2 amide bonds. The molecule has 3 aliphatic carbocycles. The van der Waals surface area contributed by atoms with E-state index in [4.69, 9.17) is 9.47 Å². The quantitative estimate of drug-likeness (QED) is 0.526. The molecule has 3 rings (SSSR count). The van der Waals surface area contributed by atoms with Crippen LogP contribution < -0.4 is 5.32 Å². The maximum absolute atomic E-state index is 13.8. The molecule has 4 unspecified atom stereocenters. The summed E-state index contributed by atoms with van der Waals surface area (Å²) in [4.78, 5) is 40.2. The summed E-state index contributed by atoms with van der Waals surface area (Å²) >= 11 is 0. The Morgan fingerprint density at radius 1 is 1.11 bits per heavy atom. The third-order valence-corrected chi connectivity index (χ3v) is 8.12. The number of hydrogen-bond donors (Lipinski definition) is 2. The van der Waals surface area contributed by atoms with Crippen LogP contribution in [-0.2, 0) is 14.3 Å². The van der Waals surface area contributed by atoms with Crippen molar-refractivity contribution in [2.45, 2.75) is 104 Å². The summed E-state index contributed by atoms with van der Waals surface area (Å²) < 4.78 is 10.9. The van der Waals surface area contributed by atoms with E-state index in [9.17, 15) is 19.5 Å². The predicted molar refractivity (Wildman–Crippen MR) is 133 cm³/mol. The van der Waals surface area contributed by atoms with Crippen LogP contribution in [0, 0.1) is 29.1 Å². The number of carbonyl (C=O) groups is 3. The molecule has 0 saturated heterocycles. The van der Waals surface area contributed by atoms with Crippen molar-refractivity contribution >= 4 is 18.0 Å². The smallest absolute Gasteiger partial charge is 0.410 e. The summed E-state index contributed by atoms with van der Waals surface area (Å²) in [5, 5.41) is 15.0. The van der Waals surface area contributed by atoms with Crippen LogP contribution in [-0.4, -0.2) is 64.9 Å². The van der Waals surface area contributed by atoms with Crippen LogP contribution in [0.5, 0.6) is 0 Å². The molecule has 0 spiro atoms. The third-order valence-electron chi connectivity index (χ3n) is 8.12. The Labute approximate surface area is 210 Å². The van der Waals surface area contributed by atoms with E-state index in [0.717, 1.165) is 12.8 Å². The van der Waals surface area contributed by atoms with Gasteiger partial charge < -0.3 is 24.8 Å². The zero-order chi connectivity index (χ0) is 26.4. The second kappa shape index (κ2) is 9.56. The Bertz CT molecular complexity index is 831. The van der Waals surface area contributed by atoms with E-state index in [1.165, 1.54) is 0 Å². The molecule has 2 N–H and O–H groups in total. The van der Waals surface area contributed by atoms with Gasteiger partial charge in [0.15, 0.2) is 0 Å². The van der Waals surface area contributed by atoms with Crippen LogP contribution in [0.25, 0.3) is 0 Å². The third kappa shape index (κ3) is 5.62. The lowest BCUT2D eigenvalue weighted by molar-refractivity contribution is -0.188. The number of alkyl carbamates (subject to hydrolysis) is 1.